The fourth-order valence-electron chi connectivity index (χ4n) is 1.25. The van der Waals surface area contributed by atoms with E-state index in [1.807, 2.05) is 6.92 Å². The number of hydrogen-bond donors (Lipinski definition) is 1. The van der Waals surface area contributed by atoms with E-state index >= 15 is 0 Å². The first kappa shape index (κ1) is 9.13. The van der Waals surface area contributed by atoms with Crippen LogP contribution >= 0.6 is 0 Å². The first-order chi connectivity index (χ1) is 5.75. The number of rotatable bonds is 3. The van der Waals surface area contributed by atoms with E-state index in [0.29, 0.717) is 6.04 Å². The molecule has 0 fully saturated rings. The van der Waals surface area contributed by atoms with Crippen molar-refractivity contribution in [1.82, 2.24) is 15.3 Å². The van der Waals surface area contributed by atoms with Gasteiger partial charge in [0.2, 0.25) is 0 Å². The first-order valence-electron chi connectivity index (χ1n) is 4.26. The molecule has 0 aliphatic carbocycles. The summed E-state index contributed by atoms with van der Waals surface area (Å²) >= 11 is 0. The van der Waals surface area contributed by atoms with Crippen LogP contribution in [0.4, 0.5) is 0 Å². The molecular weight excluding hydrogens is 150 g/mol. The molecule has 0 spiro atoms. The molecule has 1 unspecified atom stereocenters. The molecule has 1 atom stereocenters. The Morgan fingerprint density at radius 3 is 2.67 bits per heavy atom. The molecule has 0 aliphatic rings. The molecule has 0 amide bonds. The Morgan fingerprint density at radius 1 is 1.42 bits per heavy atom. The van der Waals surface area contributed by atoms with Crippen LogP contribution in [-0.2, 0) is 0 Å². The molecule has 3 nitrogen and oxygen atoms in total. The van der Waals surface area contributed by atoms with E-state index in [1.165, 1.54) is 0 Å². The molecule has 3 heteroatoms. The van der Waals surface area contributed by atoms with Crippen LogP contribution in [0.1, 0.15) is 31.3 Å². The molecule has 12 heavy (non-hydrogen) atoms. The zero-order valence-corrected chi connectivity index (χ0v) is 7.83. The van der Waals surface area contributed by atoms with Crippen LogP contribution < -0.4 is 5.32 Å². The third kappa shape index (κ3) is 2.01. The Balaban J connectivity index is 2.79. The lowest BCUT2D eigenvalue weighted by Gasteiger charge is -2.12. The summed E-state index contributed by atoms with van der Waals surface area (Å²) in [4.78, 5) is 8.45. The van der Waals surface area contributed by atoms with Crippen molar-refractivity contribution in [2.24, 2.45) is 0 Å². The summed E-state index contributed by atoms with van der Waals surface area (Å²) in [6, 6.07) is 0.295. The topological polar surface area (TPSA) is 37.8 Å². The van der Waals surface area contributed by atoms with Crippen LogP contribution in [0.25, 0.3) is 0 Å². The van der Waals surface area contributed by atoms with Gasteiger partial charge in [-0.1, -0.05) is 6.92 Å². The summed E-state index contributed by atoms with van der Waals surface area (Å²) in [5.74, 6) is 0. The van der Waals surface area contributed by atoms with Crippen LogP contribution in [0, 0.1) is 6.92 Å². The summed E-state index contributed by atoms with van der Waals surface area (Å²) < 4.78 is 0. The predicted molar refractivity (Wildman–Crippen MR) is 48.9 cm³/mol. The number of nitrogens with one attached hydrogen (secondary N) is 1. The van der Waals surface area contributed by atoms with E-state index in [9.17, 15) is 0 Å². The average molecular weight is 165 g/mol. The third-order valence-corrected chi connectivity index (χ3v) is 1.84. The van der Waals surface area contributed by atoms with Crippen molar-refractivity contribution in [2.75, 3.05) is 6.54 Å². The molecule has 0 saturated heterocycles. The van der Waals surface area contributed by atoms with E-state index in [4.69, 9.17) is 0 Å². The molecule has 0 aromatic carbocycles. The highest BCUT2D eigenvalue weighted by Gasteiger charge is 2.07. The standard InChI is InChI=1S/C9H15N3/c1-4-10-7(2)9-8(3)11-5-6-12-9/h5-7,10H,4H2,1-3H3. The van der Waals surface area contributed by atoms with Crippen molar-refractivity contribution in [3.8, 4) is 0 Å². The zero-order valence-electron chi connectivity index (χ0n) is 7.83. The van der Waals surface area contributed by atoms with Crippen LogP contribution in [0.2, 0.25) is 0 Å². The van der Waals surface area contributed by atoms with Gasteiger partial charge in [0, 0.05) is 18.4 Å². The van der Waals surface area contributed by atoms with E-state index < -0.39 is 0 Å². The summed E-state index contributed by atoms with van der Waals surface area (Å²) in [5.41, 5.74) is 2.05. The second kappa shape index (κ2) is 4.16. The van der Waals surface area contributed by atoms with Gasteiger partial charge in [0.15, 0.2) is 0 Å². The van der Waals surface area contributed by atoms with Gasteiger partial charge in [0.05, 0.1) is 11.4 Å². The van der Waals surface area contributed by atoms with E-state index in [1.54, 1.807) is 12.4 Å². The smallest absolute Gasteiger partial charge is 0.0782 e. The quantitative estimate of drug-likeness (QED) is 0.736. The summed E-state index contributed by atoms with van der Waals surface area (Å²) in [6.45, 7) is 7.12. The minimum Gasteiger partial charge on any atom is -0.309 e. The molecule has 66 valence electrons. The van der Waals surface area contributed by atoms with Crippen LogP contribution in [0.15, 0.2) is 12.4 Å². The number of hydrogen-bond acceptors (Lipinski definition) is 3. The molecule has 1 N–H and O–H groups in total. The highest BCUT2D eigenvalue weighted by Crippen LogP contribution is 2.10. The van der Waals surface area contributed by atoms with Gasteiger partial charge >= 0.3 is 0 Å². The molecule has 0 radical (unpaired) electrons. The predicted octanol–water partition coefficient (Wildman–Crippen LogP) is 1.46. The minimum atomic E-state index is 0.295. The van der Waals surface area contributed by atoms with Gasteiger partial charge in [-0.2, -0.15) is 0 Å². The normalized spacial score (nSPS) is 12.9. The molecule has 0 aliphatic heterocycles. The van der Waals surface area contributed by atoms with Gasteiger partial charge in [0.1, 0.15) is 0 Å². The minimum absolute atomic E-state index is 0.295. The van der Waals surface area contributed by atoms with Gasteiger partial charge < -0.3 is 5.32 Å². The molecule has 1 rings (SSSR count). The van der Waals surface area contributed by atoms with Gasteiger partial charge in [-0.25, -0.2) is 0 Å². The van der Waals surface area contributed by atoms with Gasteiger partial charge in [-0.05, 0) is 20.4 Å². The fourth-order valence-corrected chi connectivity index (χ4v) is 1.25. The van der Waals surface area contributed by atoms with Crippen LogP contribution in [0.5, 0.6) is 0 Å². The molecule has 0 bridgehead atoms. The molecule has 0 saturated carbocycles. The van der Waals surface area contributed by atoms with Crippen molar-refractivity contribution < 1.29 is 0 Å². The van der Waals surface area contributed by atoms with Gasteiger partial charge in [-0.3, -0.25) is 9.97 Å². The second-order valence-corrected chi connectivity index (χ2v) is 2.81. The maximum Gasteiger partial charge on any atom is 0.0782 e. The monoisotopic (exact) mass is 165 g/mol. The maximum absolute atomic E-state index is 4.27. The van der Waals surface area contributed by atoms with E-state index in [0.717, 1.165) is 17.9 Å². The summed E-state index contributed by atoms with van der Waals surface area (Å²) in [6.07, 6.45) is 3.45. The van der Waals surface area contributed by atoms with E-state index in [2.05, 4.69) is 29.1 Å². The molecular formula is C9H15N3. The van der Waals surface area contributed by atoms with Crippen molar-refractivity contribution in [2.45, 2.75) is 26.8 Å². The zero-order chi connectivity index (χ0) is 8.97. The van der Waals surface area contributed by atoms with E-state index in [-0.39, 0.29) is 0 Å². The molecule has 1 aromatic heterocycles. The Morgan fingerprint density at radius 2 is 2.08 bits per heavy atom. The Hall–Kier alpha value is -0.960. The van der Waals surface area contributed by atoms with Gasteiger partial charge in [0.25, 0.3) is 0 Å². The number of aromatic nitrogens is 2. The van der Waals surface area contributed by atoms with Crippen molar-refractivity contribution >= 4 is 0 Å². The van der Waals surface area contributed by atoms with Crippen molar-refractivity contribution in [3.63, 3.8) is 0 Å². The molecule has 1 heterocycles. The second-order valence-electron chi connectivity index (χ2n) is 2.81. The Labute approximate surface area is 73.2 Å². The summed E-state index contributed by atoms with van der Waals surface area (Å²) in [7, 11) is 0. The lowest BCUT2D eigenvalue weighted by Crippen LogP contribution is -2.20. The van der Waals surface area contributed by atoms with Crippen molar-refractivity contribution in [3.05, 3.63) is 23.8 Å². The van der Waals surface area contributed by atoms with Crippen LogP contribution in [0.3, 0.4) is 0 Å². The lowest BCUT2D eigenvalue weighted by atomic mass is 10.2. The number of nitrogens with zero attached hydrogens (tertiary/aromatic N) is 2. The fraction of sp³-hybridized carbons (Fsp3) is 0.556. The maximum atomic E-state index is 4.27. The lowest BCUT2D eigenvalue weighted by molar-refractivity contribution is 0.576. The first-order valence-corrected chi connectivity index (χ1v) is 4.26. The summed E-state index contributed by atoms with van der Waals surface area (Å²) in [5, 5.41) is 3.30. The third-order valence-electron chi connectivity index (χ3n) is 1.84. The largest absolute Gasteiger partial charge is 0.309 e. The molecule has 1 aromatic rings. The van der Waals surface area contributed by atoms with Crippen LogP contribution in [-0.4, -0.2) is 16.5 Å². The average Bonchev–Trinajstić information content (AvgIpc) is 2.05. The highest BCUT2D eigenvalue weighted by molar-refractivity contribution is 5.12. The SMILES string of the molecule is CCNC(C)c1nccnc1C. The van der Waals surface area contributed by atoms with Gasteiger partial charge in [-0.15, -0.1) is 0 Å². The Kier molecular flexibility index (Phi) is 3.17. The van der Waals surface area contributed by atoms with Crippen molar-refractivity contribution in [1.29, 1.82) is 0 Å². The number of aryl methyl sites for hydroxylation is 1. The Bertz CT molecular complexity index is 247. The highest BCUT2D eigenvalue weighted by atomic mass is 14.9.